The zero-order valence-corrected chi connectivity index (χ0v) is 16.7. The molecule has 0 spiro atoms. The minimum atomic E-state index is -0.0739. The van der Waals surface area contributed by atoms with Crippen LogP contribution < -0.4 is 10.1 Å². The van der Waals surface area contributed by atoms with Crippen molar-refractivity contribution in [2.24, 2.45) is 0 Å². The molecule has 0 aliphatic heterocycles. The first-order valence-electron chi connectivity index (χ1n) is 9.12. The van der Waals surface area contributed by atoms with Gasteiger partial charge in [0.25, 0.3) is 5.91 Å². The third kappa shape index (κ3) is 6.77. The minimum Gasteiger partial charge on any atom is -0.486 e. The van der Waals surface area contributed by atoms with Gasteiger partial charge in [-0.3, -0.25) is 4.79 Å². The molecule has 6 heteroatoms. The summed E-state index contributed by atoms with van der Waals surface area (Å²) in [7, 11) is 0. The van der Waals surface area contributed by atoms with Gasteiger partial charge in [-0.15, -0.1) is 11.3 Å². The van der Waals surface area contributed by atoms with E-state index in [9.17, 15) is 4.79 Å². The lowest BCUT2D eigenvalue weighted by Crippen LogP contribution is -2.25. The number of aromatic nitrogens is 1. The summed E-state index contributed by atoms with van der Waals surface area (Å²) in [5.41, 5.74) is 1.94. The molecule has 1 amide bonds. The normalized spacial score (nSPS) is 10.7. The highest BCUT2D eigenvalue weighted by Crippen LogP contribution is 2.20. The van der Waals surface area contributed by atoms with Crippen molar-refractivity contribution in [3.05, 3.63) is 45.4 Å². The number of benzene rings is 1. The van der Waals surface area contributed by atoms with Crippen LogP contribution in [0.2, 0.25) is 0 Å². The fraction of sp³-hybridized carbons (Fsp3) is 0.500. The highest BCUT2D eigenvalue weighted by Gasteiger charge is 2.15. The monoisotopic (exact) mass is 376 g/mol. The summed E-state index contributed by atoms with van der Waals surface area (Å²) >= 11 is 1.39. The molecule has 0 saturated carbocycles. The standard InChI is InChI=1S/C20H28N2O3S/c1-4-5-12-24-13-6-11-21-20(23)19-16(3)22-18(26-19)14-25-17-9-7-15(2)8-10-17/h7-10H,4-6,11-14H2,1-3H3,(H,21,23). The number of ether oxygens (including phenoxy) is 2. The zero-order valence-electron chi connectivity index (χ0n) is 15.8. The Morgan fingerprint density at radius 1 is 1.15 bits per heavy atom. The molecule has 0 fully saturated rings. The first kappa shape index (κ1) is 20.4. The highest BCUT2D eigenvalue weighted by atomic mass is 32.1. The molecular weight excluding hydrogens is 348 g/mol. The number of hydrogen-bond donors (Lipinski definition) is 1. The van der Waals surface area contributed by atoms with Crippen molar-refractivity contribution in [2.45, 2.75) is 46.6 Å². The highest BCUT2D eigenvalue weighted by molar-refractivity contribution is 7.13. The molecular formula is C20H28N2O3S. The van der Waals surface area contributed by atoms with Crippen molar-refractivity contribution in [3.8, 4) is 5.75 Å². The predicted molar refractivity (Wildman–Crippen MR) is 105 cm³/mol. The molecule has 1 aromatic heterocycles. The summed E-state index contributed by atoms with van der Waals surface area (Å²) < 4.78 is 11.2. The van der Waals surface area contributed by atoms with E-state index in [4.69, 9.17) is 9.47 Å². The molecule has 1 aromatic carbocycles. The number of nitrogens with one attached hydrogen (secondary N) is 1. The zero-order chi connectivity index (χ0) is 18.8. The average molecular weight is 377 g/mol. The van der Waals surface area contributed by atoms with Crippen LogP contribution in [0, 0.1) is 13.8 Å². The predicted octanol–water partition coefficient (Wildman–Crippen LogP) is 4.28. The molecule has 26 heavy (non-hydrogen) atoms. The van der Waals surface area contributed by atoms with Crippen LogP contribution in [0.3, 0.4) is 0 Å². The number of amides is 1. The van der Waals surface area contributed by atoms with Crippen LogP contribution in [0.5, 0.6) is 5.75 Å². The quantitative estimate of drug-likeness (QED) is 0.595. The third-order valence-electron chi connectivity index (χ3n) is 3.82. The fourth-order valence-corrected chi connectivity index (χ4v) is 3.20. The lowest BCUT2D eigenvalue weighted by Gasteiger charge is -2.05. The number of hydrogen-bond acceptors (Lipinski definition) is 5. The average Bonchev–Trinajstić information content (AvgIpc) is 3.01. The summed E-state index contributed by atoms with van der Waals surface area (Å²) in [4.78, 5) is 17.4. The number of nitrogens with zero attached hydrogens (tertiary/aromatic N) is 1. The van der Waals surface area contributed by atoms with Crippen LogP contribution in [0.1, 0.15) is 52.1 Å². The van der Waals surface area contributed by atoms with Crippen molar-refractivity contribution in [1.29, 1.82) is 0 Å². The van der Waals surface area contributed by atoms with E-state index in [1.165, 1.54) is 16.9 Å². The number of rotatable bonds is 11. The molecule has 0 saturated heterocycles. The van der Waals surface area contributed by atoms with Gasteiger partial charge in [0.2, 0.25) is 0 Å². The largest absolute Gasteiger partial charge is 0.486 e. The summed E-state index contributed by atoms with van der Waals surface area (Å²) in [5.74, 6) is 0.729. The van der Waals surface area contributed by atoms with Crippen molar-refractivity contribution < 1.29 is 14.3 Å². The second-order valence-corrected chi connectivity index (χ2v) is 7.28. The van der Waals surface area contributed by atoms with E-state index in [0.29, 0.717) is 24.6 Å². The molecule has 2 rings (SSSR count). The Kier molecular flexibility index (Phi) is 8.58. The molecule has 1 N–H and O–H groups in total. The van der Waals surface area contributed by atoms with E-state index in [0.717, 1.165) is 42.3 Å². The molecule has 2 aromatic rings. The smallest absolute Gasteiger partial charge is 0.263 e. The molecule has 5 nitrogen and oxygen atoms in total. The maximum absolute atomic E-state index is 12.3. The molecule has 1 heterocycles. The van der Waals surface area contributed by atoms with Gasteiger partial charge in [-0.25, -0.2) is 4.98 Å². The van der Waals surface area contributed by atoms with Crippen LogP contribution in [-0.4, -0.2) is 30.6 Å². The third-order valence-corrected chi connectivity index (χ3v) is 4.95. The molecule has 0 radical (unpaired) electrons. The number of carbonyl (C=O) groups is 1. The van der Waals surface area contributed by atoms with Crippen molar-refractivity contribution >= 4 is 17.2 Å². The SMILES string of the molecule is CCCCOCCCNC(=O)c1sc(COc2ccc(C)cc2)nc1C. The lowest BCUT2D eigenvalue weighted by atomic mass is 10.2. The Bertz CT molecular complexity index is 683. The second-order valence-electron chi connectivity index (χ2n) is 6.20. The van der Waals surface area contributed by atoms with E-state index in [-0.39, 0.29) is 5.91 Å². The number of unbranched alkanes of at least 4 members (excludes halogenated alkanes) is 1. The minimum absolute atomic E-state index is 0.0739. The van der Waals surface area contributed by atoms with Gasteiger partial charge in [0.1, 0.15) is 22.2 Å². The Morgan fingerprint density at radius 2 is 1.88 bits per heavy atom. The van der Waals surface area contributed by atoms with Gasteiger partial charge in [0, 0.05) is 19.8 Å². The van der Waals surface area contributed by atoms with Crippen molar-refractivity contribution in [3.63, 3.8) is 0 Å². The van der Waals surface area contributed by atoms with Gasteiger partial charge < -0.3 is 14.8 Å². The van der Waals surface area contributed by atoms with Gasteiger partial charge in [0.05, 0.1) is 5.69 Å². The number of thiazole rings is 1. The molecule has 0 aliphatic rings. The van der Waals surface area contributed by atoms with E-state index < -0.39 is 0 Å². The fourth-order valence-electron chi connectivity index (χ4n) is 2.31. The Hall–Kier alpha value is -1.92. The molecule has 0 atom stereocenters. The Labute approximate surface area is 159 Å². The van der Waals surface area contributed by atoms with E-state index in [2.05, 4.69) is 17.2 Å². The molecule has 0 unspecified atom stereocenters. The van der Waals surface area contributed by atoms with E-state index in [1.807, 2.05) is 38.1 Å². The second kappa shape index (κ2) is 10.9. The van der Waals surface area contributed by atoms with Crippen LogP contribution in [-0.2, 0) is 11.3 Å². The summed E-state index contributed by atoms with van der Waals surface area (Å²) in [6.45, 7) is 8.48. The maximum Gasteiger partial charge on any atom is 0.263 e. The molecule has 142 valence electrons. The van der Waals surface area contributed by atoms with Gasteiger partial charge >= 0.3 is 0 Å². The van der Waals surface area contributed by atoms with Crippen LogP contribution in [0.15, 0.2) is 24.3 Å². The van der Waals surface area contributed by atoms with Crippen LogP contribution in [0.4, 0.5) is 0 Å². The number of carbonyl (C=O) groups excluding carboxylic acids is 1. The van der Waals surface area contributed by atoms with E-state index >= 15 is 0 Å². The van der Waals surface area contributed by atoms with Gasteiger partial charge in [0.15, 0.2) is 0 Å². The summed E-state index contributed by atoms with van der Waals surface area (Å²) in [6, 6.07) is 7.89. The van der Waals surface area contributed by atoms with Crippen molar-refractivity contribution in [2.75, 3.05) is 19.8 Å². The van der Waals surface area contributed by atoms with Gasteiger partial charge in [-0.05, 0) is 38.8 Å². The van der Waals surface area contributed by atoms with Crippen LogP contribution >= 0.6 is 11.3 Å². The molecule has 0 bridgehead atoms. The Balaban J connectivity index is 1.75. The number of aryl methyl sites for hydroxylation is 2. The first-order valence-corrected chi connectivity index (χ1v) is 9.93. The summed E-state index contributed by atoms with van der Waals surface area (Å²) in [5, 5.41) is 3.74. The van der Waals surface area contributed by atoms with Gasteiger partial charge in [-0.2, -0.15) is 0 Å². The lowest BCUT2D eigenvalue weighted by molar-refractivity contribution is 0.0943. The molecule has 0 aliphatic carbocycles. The van der Waals surface area contributed by atoms with Crippen molar-refractivity contribution in [1.82, 2.24) is 10.3 Å². The first-order chi connectivity index (χ1) is 12.6. The van der Waals surface area contributed by atoms with Gasteiger partial charge in [-0.1, -0.05) is 31.0 Å². The summed E-state index contributed by atoms with van der Waals surface area (Å²) in [6.07, 6.45) is 3.04. The Morgan fingerprint density at radius 3 is 2.62 bits per heavy atom. The van der Waals surface area contributed by atoms with Crippen LogP contribution in [0.25, 0.3) is 0 Å². The topological polar surface area (TPSA) is 60.5 Å². The van der Waals surface area contributed by atoms with E-state index in [1.54, 1.807) is 0 Å². The maximum atomic E-state index is 12.3.